The van der Waals surface area contributed by atoms with Gasteiger partial charge in [-0.05, 0) is 42.7 Å². The maximum Gasteiger partial charge on any atom is 0.335 e. The molecule has 7 heteroatoms. The van der Waals surface area contributed by atoms with Gasteiger partial charge in [-0.25, -0.2) is 4.39 Å². The van der Waals surface area contributed by atoms with Crippen molar-refractivity contribution in [2.24, 2.45) is 0 Å². The Morgan fingerprint density at radius 2 is 1.09 bits per heavy atom. The Hall–Kier alpha value is -3.18. The van der Waals surface area contributed by atoms with E-state index < -0.39 is 7.60 Å². The summed E-state index contributed by atoms with van der Waals surface area (Å²) in [6.07, 6.45) is 8.20. The second kappa shape index (κ2) is 10.8. The SMILES string of the molecule is CCOP(=O)(Cc1ccc(-[n+]2ccc(-c3cc[n+](-c4ccc(F)cc4)cc3)cc2)cc1)OCC. The highest BCUT2D eigenvalue weighted by molar-refractivity contribution is 7.53. The number of hydrogen-bond acceptors (Lipinski definition) is 3. The monoisotopic (exact) mass is 478 g/mol. The normalized spacial score (nSPS) is 11.5. The van der Waals surface area contributed by atoms with Gasteiger partial charge in [0, 0.05) is 48.5 Å². The summed E-state index contributed by atoms with van der Waals surface area (Å²) in [6.45, 7) is 4.33. The summed E-state index contributed by atoms with van der Waals surface area (Å²) in [6, 6.07) is 22.5. The van der Waals surface area contributed by atoms with Crippen LogP contribution in [0.4, 0.5) is 4.39 Å². The first kappa shape index (κ1) is 24.0. The van der Waals surface area contributed by atoms with Crippen LogP contribution in [0, 0.1) is 5.82 Å². The fourth-order valence-electron chi connectivity index (χ4n) is 3.71. The maximum atomic E-state index is 13.2. The molecule has 0 aliphatic rings. The van der Waals surface area contributed by atoms with E-state index in [9.17, 15) is 8.96 Å². The van der Waals surface area contributed by atoms with E-state index in [1.54, 1.807) is 12.1 Å². The van der Waals surface area contributed by atoms with Crippen molar-refractivity contribution in [2.75, 3.05) is 13.2 Å². The fourth-order valence-corrected chi connectivity index (χ4v) is 5.42. The van der Waals surface area contributed by atoms with Crippen molar-refractivity contribution in [2.45, 2.75) is 20.0 Å². The Balaban J connectivity index is 1.46. The van der Waals surface area contributed by atoms with E-state index in [1.165, 1.54) is 12.1 Å². The summed E-state index contributed by atoms with van der Waals surface area (Å²) in [7, 11) is -3.12. The molecule has 0 fully saturated rings. The van der Waals surface area contributed by atoms with Gasteiger partial charge in [-0.2, -0.15) is 9.13 Å². The largest absolute Gasteiger partial charge is 0.335 e. The Morgan fingerprint density at radius 1 is 0.676 bits per heavy atom. The first-order valence-corrected chi connectivity index (χ1v) is 13.0. The van der Waals surface area contributed by atoms with E-state index in [0.717, 1.165) is 28.1 Å². The summed E-state index contributed by atoms with van der Waals surface area (Å²) >= 11 is 0. The molecule has 174 valence electrons. The van der Waals surface area contributed by atoms with Gasteiger partial charge in [0.1, 0.15) is 5.82 Å². The molecule has 5 nitrogen and oxygen atoms in total. The highest BCUT2D eigenvalue weighted by atomic mass is 31.2. The second-order valence-corrected chi connectivity index (χ2v) is 9.79. The van der Waals surface area contributed by atoms with Gasteiger partial charge in [0.05, 0.1) is 19.4 Å². The standard InChI is InChI=1S/C27H28FN2O3P/c1-3-32-34(31,33-4-2)21-22-5-9-26(10-6-22)29-17-13-23(14-18-29)24-15-19-30(20-16-24)27-11-7-25(28)8-12-27/h5-20H,3-4,21H2,1-2H3/q+2. The zero-order valence-electron chi connectivity index (χ0n) is 19.3. The molecule has 2 heterocycles. The maximum absolute atomic E-state index is 13.2. The molecule has 2 aromatic carbocycles. The molecule has 0 saturated carbocycles. The molecule has 0 N–H and O–H groups in total. The fraction of sp³-hybridized carbons (Fsp3) is 0.185. The topological polar surface area (TPSA) is 43.3 Å². The van der Waals surface area contributed by atoms with Gasteiger partial charge in [-0.15, -0.1) is 0 Å². The third kappa shape index (κ3) is 5.84. The van der Waals surface area contributed by atoms with Gasteiger partial charge in [-0.1, -0.05) is 12.1 Å². The van der Waals surface area contributed by atoms with E-state index in [4.69, 9.17) is 9.05 Å². The van der Waals surface area contributed by atoms with Gasteiger partial charge in [-0.3, -0.25) is 4.57 Å². The molecule has 0 aliphatic carbocycles. The first-order chi connectivity index (χ1) is 16.5. The van der Waals surface area contributed by atoms with Crippen molar-refractivity contribution in [3.63, 3.8) is 0 Å². The Kier molecular flexibility index (Phi) is 7.63. The molecule has 0 bridgehead atoms. The molecule has 0 aliphatic heterocycles. The number of hydrogen-bond donors (Lipinski definition) is 0. The molecule has 0 unspecified atom stereocenters. The highest BCUT2D eigenvalue weighted by Crippen LogP contribution is 2.51. The summed E-state index contributed by atoms with van der Waals surface area (Å²) in [5.41, 5.74) is 4.99. The van der Waals surface area contributed by atoms with E-state index in [-0.39, 0.29) is 12.0 Å². The van der Waals surface area contributed by atoms with Gasteiger partial charge >= 0.3 is 7.60 Å². The third-order valence-electron chi connectivity index (χ3n) is 5.38. The molecule has 0 saturated heterocycles. The van der Waals surface area contributed by atoms with Crippen LogP contribution in [0.25, 0.3) is 22.5 Å². The lowest BCUT2D eigenvalue weighted by Crippen LogP contribution is -2.29. The molecule has 34 heavy (non-hydrogen) atoms. The Labute approximate surface area is 199 Å². The summed E-state index contributed by atoms with van der Waals surface area (Å²) in [5.74, 6) is -0.246. The van der Waals surface area contributed by atoms with Crippen molar-refractivity contribution < 1.29 is 27.1 Å². The van der Waals surface area contributed by atoms with E-state index in [0.29, 0.717) is 13.2 Å². The predicted molar refractivity (Wildman–Crippen MR) is 129 cm³/mol. The third-order valence-corrected chi connectivity index (χ3v) is 7.43. The minimum atomic E-state index is -3.12. The van der Waals surface area contributed by atoms with Gasteiger partial charge in [0.25, 0.3) is 0 Å². The van der Waals surface area contributed by atoms with Crippen LogP contribution >= 0.6 is 7.60 Å². The lowest BCUT2D eigenvalue weighted by molar-refractivity contribution is -0.596. The van der Waals surface area contributed by atoms with E-state index in [2.05, 4.69) is 12.1 Å². The average molecular weight is 479 g/mol. The molecular formula is C27H28FN2O3P+2. The van der Waals surface area contributed by atoms with E-state index >= 15 is 0 Å². The number of benzene rings is 2. The van der Waals surface area contributed by atoms with Crippen LogP contribution in [-0.2, 0) is 19.8 Å². The summed E-state index contributed by atoms with van der Waals surface area (Å²) < 4.78 is 40.7. The Bertz CT molecular complexity index is 1250. The summed E-state index contributed by atoms with van der Waals surface area (Å²) in [5, 5.41) is 0. The Morgan fingerprint density at radius 3 is 1.50 bits per heavy atom. The van der Waals surface area contributed by atoms with Crippen molar-refractivity contribution in [3.05, 3.63) is 109 Å². The highest BCUT2D eigenvalue weighted by Gasteiger charge is 2.24. The zero-order chi connectivity index (χ0) is 24.0. The van der Waals surface area contributed by atoms with Crippen LogP contribution in [0.5, 0.6) is 0 Å². The number of nitrogens with zero attached hydrogens (tertiary/aromatic N) is 2. The van der Waals surface area contributed by atoms with E-state index in [1.807, 2.05) is 84.2 Å². The molecule has 0 amide bonds. The van der Waals surface area contributed by atoms with Gasteiger partial charge < -0.3 is 9.05 Å². The van der Waals surface area contributed by atoms with Crippen LogP contribution in [-0.4, -0.2) is 13.2 Å². The van der Waals surface area contributed by atoms with Crippen LogP contribution in [0.2, 0.25) is 0 Å². The van der Waals surface area contributed by atoms with Crippen molar-refractivity contribution in [1.82, 2.24) is 0 Å². The lowest BCUT2D eigenvalue weighted by atomic mass is 10.1. The lowest BCUT2D eigenvalue weighted by Gasteiger charge is -2.16. The number of pyridine rings is 2. The first-order valence-electron chi connectivity index (χ1n) is 11.3. The molecule has 2 aromatic heterocycles. The van der Waals surface area contributed by atoms with Crippen molar-refractivity contribution in [1.29, 1.82) is 0 Å². The zero-order valence-corrected chi connectivity index (χ0v) is 20.2. The van der Waals surface area contributed by atoms with Crippen LogP contribution < -0.4 is 9.13 Å². The molecule has 4 aromatic rings. The van der Waals surface area contributed by atoms with Crippen LogP contribution in [0.15, 0.2) is 97.6 Å². The van der Waals surface area contributed by atoms with Gasteiger partial charge in [0.2, 0.25) is 11.4 Å². The van der Waals surface area contributed by atoms with Gasteiger partial charge in [0.15, 0.2) is 24.8 Å². The molecule has 0 atom stereocenters. The quantitative estimate of drug-likeness (QED) is 0.225. The number of rotatable bonds is 9. The van der Waals surface area contributed by atoms with Crippen LogP contribution in [0.3, 0.4) is 0 Å². The average Bonchev–Trinajstić information content (AvgIpc) is 2.85. The predicted octanol–water partition coefficient (Wildman–Crippen LogP) is 5.81. The van der Waals surface area contributed by atoms with Crippen molar-refractivity contribution >= 4 is 7.60 Å². The molecular weight excluding hydrogens is 450 g/mol. The summed E-state index contributed by atoms with van der Waals surface area (Å²) in [4.78, 5) is 0. The van der Waals surface area contributed by atoms with Crippen LogP contribution in [0.1, 0.15) is 19.4 Å². The molecule has 0 spiro atoms. The minimum Gasteiger partial charge on any atom is -0.309 e. The molecule has 4 rings (SSSR count). The minimum absolute atomic E-state index is 0.246. The second-order valence-electron chi connectivity index (χ2n) is 7.74. The smallest absolute Gasteiger partial charge is 0.309 e. The number of halogens is 1. The number of aromatic nitrogens is 2. The molecule has 0 radical (unpaired) electrons. The van der Waals surface area contributed by atoms with Crippen molar-refractivity contribution in [3.8, 4) is 22.5 Å².